The predicted molar refractivity (Wildman–Crippen MR) is 70.2 cm³/mol. The first-order valence-electron chi connectivity index (χ1n) is 6.34. The average molecular weight is 235 g/mol. The summed E-state index contributed by atoms with van der Waals surface area (Å²) in [6, 6.07) is 2.02. The number of hydrogen-bond acceptors (Lipinski definition) is 5. The van der Waals surface area contributed by atoms with E-state index >= 15 is 0 Å². The third-order valence-electron chi connectivity index (χ3n) is 3.28. The zero-order valence-electron chi connectivity index (χ0n) is 10.4. The largest absolute Gasteiger partial charge is 0.370 e. The molecule has 1 aliphatic rings. The number of nitrogens with zero attached hydrogens (tertiary/aromatic N) is 3. The zero-order chi connectivity index (χ0) is 12.1. The Bertz CT molecular complexity index is 347. The molecule has 2 heterocycles. The van der Waals surface area contributed by atoms with Gasteiger partial charge in [-0.15, -0.1) is 0 Å². The van der Waals surface area contributed by atoms with Gasteiger partial charge < -0.3 is 16.0 Å². The van der Waals surface area contributed by atoms with Gasteiger partial charge in [-0.2, -0.15) is 0 Å². The third kappa shape index (κ3) is 3.06. The fourth-order valence-electron chi connectivity index (χ4n) is 2.20. The Morgan fingerprint density at radius 3 is 2.82 bits per heavy atom. The van der Waals surface area contributed by atoms with Crippen molar-refractivity contribution in [2.24, 2.45) is 11.7 Å². The van der Waals surface area contributed by atoms with Crippen molar-refractivity contribution in [3.05, 3.63) is 12.4 Å². The van der Waals surface area contributed by atoms with Crippen molar-refractivity contribution >= 4 is 11.6 Å². The quantitative estimate of drug-likeness (QED) is 0.817. The second-order valence-electron chi connectivity index (χ2n) is 4.46. The number of anilines is 2. The van der Waals surface area contributed by atoms with Crippen LogP contribution in [0.5, 0.6) is 0 Å². The fourth-order valence-corrected chi connectivity index (χ4v) is 2.20. The summed E-state index contributed by atoms with van der Waals surface area (Å²) in [6.45, 7) is 5.84. The molecule has 0 amide bonds. The van der Waals surface area contributed by atoms with Gasteiger partial charge in [0, 0.05) is 25.7 Å². The summed E-state index contributed by atoms with van der Waals surface area (Å²) in [7, 11) is 0. The molecule has 0 unspecified atom stereocenters. The highest BCUT2D eigenvalue weighted by Gasteiger charge is 2.19. The van der Waals surface area contributed by atoms with Gasteiger partial charge in [0.25, 0.3) is 0 Å². The minimum atomic E-state index is 0.682. The summed E-state index contributed by atoms with van der Waals surface area (Å²) in [5, 5.41) is 3.21. The van der Waals surface area contributed by atoms with E-state index < -0.39 is 0 Å². The lowest BCUT2D eigenvalue weighted by atomic mass is 9.97. The summed E-state index contributed by atoms with van der Waals surface area (Å²) in [5.41, 5.74) is 5.70. The summed E-state index contributed by atoms with van der Waals surface area (Å²) in [6.07, 6.45) is 3.95. The third-order valence-corrected chi connectivity index (χ3v) is 3.28. The molecule has 0 atom stereocenters. The van der Waals surface area contributed by atoms with Crippen LogP contribution in [-0.2, 0) is 0 Å². The summed E-state index contributed by atoms with van der Waals surface area (Å²) >= 11 is 0. The first-order chi connectivity index (χ1) is 8.33. The molecule has 0 radical (unpaired) electrons. The van der Waals surface area contributed by atoms with Gasteiger partial charge in [0.15, 0.2) is 0 Å². The van der Waals surface area contributed by atoms with Crippen LogP contribution in [0.3, 0.4) is 0 Å². The number of piperidine rings is 1. The van der Waals surface area contributed by atoms with Crippen molar-refractivity contribution in [1.82, 2.24) is 9.97 Å². The Balaban J connectivity index is 2.00. The molecule has 5 nitrogen and oxygen atoms in total. The molecular formula is C12H21N5. The van der Waals surface area contributed by atoms with Crippen LogP contribution in [0.25, 0.3) is 0 Å². The van der Waals surface area contributed by atoms with Gasteiger partial charge in [-0.1, -0.05) is 0 Å². The first-order valence-corrected chi connectivity index (χ1v) is 6.34. The fraction of sp³-hybridized carbons (Fsp3) is 0.667. The van der Waals surface area contributed by atoms with Crippen LogP contribution in [0.4, 0.5) is 11.6 Å². The van der Waals surface area contributed by atoms with Crippen LogP contribution >= 0.6 is 0 Å². The highest BCUT2D eigenvalue weighted by Crippen LogP contribution is 2.21. The molecule has 1 aromatic heterocycles. The number of nitrogens with two attached hydrogens (primary N) is 1. The Labute approximate surface area is 102 Å². The summed E-state index contributed by atoms with van der Waals surface area (Å²) in [4.78, 5) is 10.8. The Kier molecular flexibility index (Phi) is 4.14. The van der Waals surface area contributed by atoms with Crippen molar-refractivity contribution in [3.8, 4) is 0 Å². The minimum absolute atomic E-state index is 0.682. The van der Waals surface area contributed by atoms with Crippen molar-refractivity contribution in [1.29, 1.82) is 0 Å². The highest BCUT2D eigenvalue weighted by atomic mass is 15.2. The predicted octanol–water partition coefficient (Wildman–Crippen LogP) is 1.08. The van der Waals surface area contributed by atoms with Crippen LogP contribution < -0.4 is 16.0 Å². The SMILES string of the molecule is CCNc1cc(N2CCC(CN)CC2)ncn1. The van der Waals surface area contributed by atoms with Crippen molar-refractivity contribution in [2.45, 2.75) is 19.8 Å². The second-order valence-corrected chi connectivity index (χ2v) is 4.46. The van der Waals surface area contributed by atoms with Gasteiger partial charge in [-0.05, 0) is 32.2 Å². The van der Waals surface area contributed by atoms with E-state index in [4.69, 9.17) is 5.73 Å². The van der Waals surface area contributed by atoms with Gasteiger partial charge in [-0.3, -0.25) is 0 Å². The molecular weight excluding hydrogens is 214 g/mol. The molecule has 3 N–H and O–H groups in total. The standard InChI is InChI=1S/C12H21N5/c1-2-14-11-7-12(16-9-15-11)17-5-3-10(8-13)4-6-17/h7,9-10H,2-6,8,13H2,1H3,(H,14,15,16). The molecule has 0 aliphatic carbocycles. The molecule has 1 aliphatic heterocycles. The molecule has 1 saturated heterocycles. The van der Waals surface area contributed by atoms with E-state index in [-0.39, 0.29) is 0 Å². The van der Waals surface area contributed by atoms with Gasteiger partial charge in [0.2, 0.25) is 0 Å². The zero-order valence-corrected chi connectivity index (χ0v) is 10.4. The Morgan fingerprint density at radius 2 is 2.18 bits per heavy atom. The number of aromatic nitrogens is 2. The van der Waals surface area contributed by atoms with E-state index in [1.165, 1.54) is 0 Å². The Hall–Kier alpha value is -1.36. The molecule has 0 saturated carbocycles. The molecule has 0 bridgehead atoms. The maximum atomic E-state index is 5.70. The van der Waals surface area contributed by atoms with Gasteiger partial charge in [0.05, 0.1) is 0 Å². The lowest BCUT2D eigenvalue weighted by Crippen LogP contribution is -2.36. The van der Waals surface area contributed by atoms with E-state index in [1.807, 2.05) is 6.07 Å². The molecule has 2 rings (SSSR count). The van der Waals surface area contributed by atoms with Crippen molar-refractivity contribution in [3.63, 3.8) is 0 Å². The van der Waals surface area contributed by atoms with E-state index in [9.17, 15) is 0 Å². The first kappa shape index (κ1) is 12.1. The average Bonchev–Trinajstić information content (AvgIpc) is 2.40. The minimum Gasteiger partial charge on any atom is -0.370 e. The summed E-state index contributed by atoms with van der Waals surface area (Å²) in [5.74, 6) is 2.60. The molecule has 0 aromatic carbocycles. The normalized spacial score (nSPS) is 17.2. The molecule has 1 aromatic rings. The number of rotatable bonds is 4. The number of hydrogen-bond donors (Lipinski definition) is 2. The van der Waals surface area contributed by atoms with Gasteiger partial charge in [0.1, 0.15) is 18.0 Å². The van der Waals surface area contributed by atoms with E-state index in [0.29, 0.717) is 5.92 Å². The summed E-state index contributed by atoms with van der Waals surface area (Å²) < 4.78 is 0. The molecule has 0 spiro atoms. The van der Waals surface area contributed by atoms with Crippen molar-refractivity contribution < 1.29 is 0 Å². The lowest BCUT2D eigenvalue weighted by molar-refractivity contribution is 0.413. The van der Waals surface area contributed by atoms with Gasteiger partial charge in [-0.25, -0.2) is 9.97 Å². The van der Waals surface area contributed by atoms with E-state index in [2.05, 4.69) is 27.1 Å². The Morgan fingerprint density at radius 1 is 1.41 bits per heavy atom. The van der Waals surface area contributed by atoms with Crippen LogP contribution in [0.15, 0.2) is 12.4 Å². The maximum Gasteiger partial charge on any atom is 0.134 e. The van der Waals surface area contributed by atoms with Crippen LogP contribution in [-0.4, -0.2) is 36.1 Å². The monoisotopic (exact) mass is 235 g/mol. The van der Waals surface area contributed by atoms with Crippen LogP contribution in [0, 0.1) is 5.92 Å². The smallest absolute Gasteiger partial charge is 0.134 e. The van der Waals surface area contributed by atoms with Crippen LogP contribution in [0.2, 0.25) is 0 Å². The number of nitrogens with one attached hydrogen (secondary N) is 1. The molecule has 1 fully saturated rings. The van der Waals surface area contributed by atoms with Gasteiger partial charge >= 0.3 is 0 Å². The van der Waals surface area contributed by atoms with Crippen molar-refractivity contribution in [2.75, 3.05) is 36.4 Å². The topological polar surface area (TPSA) is 67.1 Å². The lowest BCUT2D eigenvalue weighted by Gasteiger charge is -2.32. The van der Waals surface area contributed by atoms with E-state index in [0.717, 1.165) is 50.7 Å². The molecule has 94 valence electrons. The van der Waals surface area contributed by atoms with Crippen LogP contribution in [0.1, 0.15) is 19.8 Å². The molecule has 17 heavy (non-hydrogen) atoms. The second kappa shape index (κ2) is 5.82. The highest BCUT2D eigenvalue weighted by molar-refractivity contribution is 5.48. The van der Waals surface area contributed by atoms with E-state index in [1.54, 1.807) is 6.33 Å². The maximum absolute atomic E-state index is 5.70. The molecule has 5 heteroatoms.